The predicted octanol–water partition coefficient (Wildman–Crippen LogP) is 2.31. The van der Waals surface area contributed by atoms with Gasteiger partial charge in [-0.25, -0.2) is 18.6 Å². The third-order valence-corrected chi connectivity index (χ3v) is 2.38. The summed E-state index contributed by atoms with van der Waals surface area (Å²) in [5.74, 6) is -0.767. The van der Waals surface area contributed by atoms with E-state index in [-0.39, 0.29) is 29.4 Å². The van der Waals surface area contributed by atoms with Crippen molar-refractivity contribution in [2.75, 3.05) is 6.61 Å². The lowest BCUT2D eigenvalue weighted by Gasteiger charge is -2.09. The summed E-state index contributed by atoms with van der Waals surface area (Å²) in [5, 5.41) is -0.0460. The Labute approximate surface area is 102 Å². The van der Waals surface area contributed by atoms with Gasteiger partial charge in [0, 0.05) is 6.54 Å². The summed E-state index contributed by atoms with van der Waals surface area (Å²) in [5.41, 5.74) is 4.68. The van der Waals surface area contributed by atoms with Gasteiger partial charge in [0.05, 0.1) is 22.9 Å². The fourth-order valence-electron chi connectivity index (χ4n) is 1.21. The molecule has 0 saturated carbocycles. The SMILES string of the molecule is CCOC(=O)c1cc(C(F)F)nc(CN)c1Cl. The number of nitrogens with zero attached hydrogens (tertiary/aromatic N) is 1. The number of carbonyl (C=O) groups is 1. The number of nitrogens with two attached hydrogens (primary N) is 1. The van der Waals surface area contributed by atoms with E-state index in [1.165, 1.54) is 0 Å². The highest BCUT2D eigenvalue weighted by Gasteiger charge is 2.20. The Morgan fingerprint density at radius 3 is 2.76 bits per heavy atom. The summed E-state index contributed by atoms with van der Waals surface area (Å²) < 4.78 is 29.8. The van der Waals surface area contributed by atoms with Crippen LogP contribution in [-0.4, -0.2) is 17.6 Å². The summed E-state index contributed by atoms with van der Waals surface area (Å²) in [7, 11) is 0. The molecule has 0 unspecified atom stereocenters. The molecule has 1 heterocycles. The number of halogens is 3. The molecule has 17 heavy (non-hydrogen) atoms. The van der Waals surface area contributed by atoms with Gasteiger partial charge in [-0.15, -0.1) is 0 Å². The third kappa shape index (κ3) is 3.10. The van der Waals surface area contributed by atoms with Crippen molar-refractivity contribution in [1.29, 1.82) is 0 Å². The second kappa shape index (κ2) is 5.88. The molecule has 0 aliphatic rings. The number of hydrogen-bond acceptors (Lipinski definition) is 4. The van der Waals surface area contributed by atoms with Gasteiger partial charge >= 0.3 is 5.97 Å². The number of hydrogen-bond donors (Lipinski definition) is 1. The zero-order chi connectivity index (χ0) is 13.0. The Morgan fingerprint density at radius 2 is 2.29 bits per heavy atom. The molecule has 7 heteroatoms. The summed E-state index contributed by atoms with van der Waals surface area (Å²) in [6.07, 6.45) is -2.80. The normalized spacial score (nSPS) is 10.7. The first kappa shape index (κ1) is 13.8. The zero-order valence-electron chi connectivity index (χ0n) is 9.04. The monoisotopic (exact) mass is 264 g/mol. The molecule has 0 spiro atoms. The summed E-state index contributed by atoms with van der Waals surface area (Å²) in [4.78, 5) is 15.1. The van der Waals surface area contributed by atoms with E-state index in [2.05, 4.69) is 4.98 Å². The molecule has 0 bridgehead atoms. The predicted molar refractivity (Wildman–Crippen MR) is 58.1 cm³/mol. The highest BCUT2D eigenvalue weighted by atomic mass is 35.5. The topological polar surface area (TPSA) is 65.2 Å². The van der Waals surface area contributed by atoms with Gasteiger partial charge in [-0.2, -0.15) is 0 Å². The number of carbonyl (C=O) groups excluding carboxylic acids is 1. The maximum atomic E-state index is 12.5. The molecule has 0 fully saturated rings. The maximum Gasteiger partial charge on any atom is 0.339 e. The molecule has 2 N–H and O–H groups in total. The van der Waals surface area contributed by atoms with E-state index < -0.39 is 18.1 Å². The van der Waals surface area contributed by atoms with E-state index >= 15 is 0 Å². The molecule has 94 valence electrons. The van der Waals surface area contributed by atoms with Crippen molar-refractivity contribution in [3.63, 3.8) is 0 Å². The van der Waals surface area contributed by atoms with Crippen LogP contribution < -0.4 is 5.73 Å². The van der Waals surface area contributed by atoms with Gasteiger partial charge in [-0.3, -0.25) is 0 Å². The second-order valence-electron chi connectivity index (χ2n) is 3.08. The van der Waals surface area contributed by atoms with Crippen LogP contribution in [0.25, 0.3) is 0 Å². The Hall–Kier alpha value is -1.27. The fraction of sp³-hybridized carbons (Fsp3) is 0.400. The van der Waals surface area contributed by atoms with Crippen LogP contribution in [0.4, 0.5) is 8.78 Å². The van der Waals surface area contributed by atoms with Crippen LogP contribution in [0.5, 0.6) is 0 Å². The van der Waals surface area contributed by atoms with Crippen LogP contribution in [0, 0.1) is 0 Å². The average Bonchev–Trinajstić information content (AvgIpc) is 2.29. The summed E-state index contributed by atoms with van der Waals surface area (Å²) in [6, 6.07) is 0.921. The number of ether oxygens (including phenoxy) is 1. The average molecular weight is 265 g/mol. The minimum Gasteiger partial charge on any atom is -0.462 e. The van der Waals surface area contributed by atoms with Gasteiger partial charge in [0.1, 0.15) is 5.69 Å². The van der Waals surface area contributed by atoms with Crippen LogP contribution in [0.2, 0.25) is 5.02 Å². The Balaban J connectivity index is 3.27. The number of rotatable bonds is 4. The second-order valence-corrected chi connectivity index (χ2v) is 3.46. The van der Waals surface area contributed by atoms with Gasteiger partial charge in [-0.05, 0) is 13.0 Å². The van der Waals surface area contributed by atoms with Crippen molar-refractivity contribution in [3.8, 4) is 0 Å². The smallest absolute Gasteiger partial charge is 0.339 e. The zero-order valence-corrected chi connectivity index (χ0v) is 9.80. The minimum atomic E-state index is -2.80. The molecule has 0 saturated heterocycles. The van der Waals surface area contributed by atoms with Crippen molar-refractivity contribution in [1.82, 2.24) is 4.98 Å². The van der Waals surface area contributed by atoms with Crippen LogP contribution in [-0.2, 0) is 11.3 Å². The molecule has 0 aliphatic carbocycles. The van der Waals surface area contributed by atoms with Crippen LogP contribution in [0.15, 0.2) is 6.07 Å². The van der Waals surface area contributed by atoms with Gasteiger partial charge in [-0.1, -0.05) is 11.6 Å². The summed E-state index contributed by atoms with van der Waals surface area (Å²) >= 11 is 5.83. The van der Waals surface area contributed by atoms with E-state index in [0.29, 0.717) is 0 Å². The standard InChI is InChI=1S/C10H11ClF2N2O2/c1-2-17-10(16)5-3-6(9(12)13)15-7(4-14)8(5)11/h3,9H,2,4,14H2,1H3. The van der Waals surface area contributed by atoms with Crippen molar-refractivity contribution >= 4 is 17.6 Å². The van der Waals surface area contributed by atoms with Crippen molar-refractivity contribution < 1.29 is 18.3 Å². The van der Waals surface area contributed by atoms with E-state index in [9.17, 15) is 13.6 Å². The molecular weight excluding hydrogens is 254 g/mol. The molecule has 0 atom stereocenters. The molecular formula is C10H11ClF2N2O2. The number of esters is 1. The fourth-order valence-corrected chi connectivity index (χ4v) is 1.46. The molecule has 1 aromatic heterocycles. The van der Waals surface area contributed by atoms with Gasteiger partial charge in [0.2, 0.25) is 0 Å². The van der Waals surface area contributed by atoms with Crippen LogP contribution in [0.3, 0.4) is 0 Å². The third-order valence-electron chi connectivity index (χ3n) is 1.96. The Kier molecular flexibility index (Phi) is 4.77. The van der Waals surface area contributed by atoms with Crippen LogP contribution >= 0.6 is 11.6 Å². The number of aromatic nitrogens is 1. The first-order valence-corrected chi connectivity index (χ1v) is 5.23. The molecule has 1 aromatic rings. The Bertz CT molecular complexity index is 427. The van der Waals surface area contributed by atoms with E-state index in [4.69, 9.17) is 22.1 Å². The van der Waals surface area contributed by atoms with Crippen molar-refractivity contribution in [3.05, 3.63) is 28.0 Å². The summed E-state index contributed by atoms with van der Waals surface area (Å²) in [6.45, 7) is 1.59. The van der Waals surface area contributed by atoms with Gasteiger partial charge in [0.25, 0.3) is 6.43 Å². The lowest BCUT2D eigenvalue weighted by Crippen LogP contribution is -2.11. The van der Waals surface area contributed by atoms with E-state index in [1.54, 1.807) is 6.92 Å². The van der Waals surface area contributed by atoms with Gasteiger partial charge < -0.3 is 10.5 Å². The molecule has 0 aliphatic heterocycles. The molecule has 4 nitrogen and oxygen atoms in total. The molecule has 0 amide bonds. The van der Waals surface area contributed by atoms with Crippen molar-refractivity contribution in [2.45, 2.75) is 19.9 Å². The van der Waals surface area contributed by atoms with Crippen molar-refractivity contribution in [2.24, 2.45) is 5.73 Å². The molecule has 1 rings (SSSR count). The lowest BCUT2D eigenvalue weighted by molar-refractivity contribution is 0.0525. The lowest BCUT2D eigenvalue weighted by atomic mass is 10.2. The largest absolute Gasteiger partial charge is 0.462 e. The Morgan fingerprint density at radius 1 is 1.65 bits per heavy atom. The highest BCUT2D eigenvalue weighted by molar-refractivity contribution is 6.34. The first-order valence-electron chi connectivity index (χ1n) is 4.85. The molecule has 0 radical (unpaired) electrons. The van der Waals surface area contributed by atoms with E-state index in [0.717, 1.165) is 6.07 Å². The highest BCUT2D eigenvalue weighted by Crippen LogP contribution is 2.26. The molecule has 0 aromatic carbocycles. The number of pyridine rings is 1. The maximum absolute atomic E-state index is 12.5. The van der Waals surface area contributed by atoms with E-state index in [1.807, 2.05) is 0 Å². The first-order chi connectivity index (χ1) is 8.01. The number of alkyl halides is 2. The van der Waals surface area contributed by atoms with Gasteiger partial charge in [0.15, 0.2) is 0 Å². The van der Waals surface area contributed by atoms with Crippen LogP contribution in [0.1, 0.15) is 35.1 Å². The quantitative estimate of drug-likeness (QED) is 0.848. The minimum absolute atomic E-state index is 0.0460.